The maximum absolute atomic E-state index is 12.9. The zero-order chi connectivity index (χ0) is 20.8. The standard InChI is InChI=1S/C23H25ClN2O2S/c1-4-11-26(23(27)18-6-8-19(24)9-7-18)13-20-15-29-22(25-20)14-28-21-10-5-16(2)17(3)12-21/h5-10,12,15H,4,11,13-14H2,1-3H3. The van der Waals surface area contributed by atoms with Crippen molar-refractivity contribution in [3.8, 4) is 5.75 Å². The van der Waals surface area contributed by atoms with Gasteiger partial charge < -0.3 is 9.64 Å². The number of carbonyl (C=O) groups is 1. The number of rotatable bonds is 8. The van der Waals surface area contributed by atoms with E-state index in [1.54, 1.807) is 35.6 Å². The molecule has 0 spiro atoms. The van der Waals surface area contributed by atoms with Crippen LogP contribution in [0.4, 0.5) is 0 Å². The summed E-state index contributed by atoms with van der Waals surface area (Å²) in [5, 5.41) is 3.52. The molecule has 4 nitrogen and oxygen atoms in total. The minimum atomic E-state index is -0.00977. The van der Waals surface area contributed by atoms with Crippen molar-refractivity contribution in [3.05, 3.63) is 80.3 Å². The monoisotopic (exact) mass is 428 g/mol. The van der Waals surface area contributed by atoms with E-state index in [0.29, 0.717) is 30.3 Å². The number of benzene rings is 2. The van der Waals surface area contributed by atoms with Crippen molar-refractivity contribution in [2.45, 2.75) is 40.3 Å². The molecule has 0 radical (unpaired) electrons. The molecule has 1 aromatic heterocycles. The molecule has 3 aromatic rings. The molecule has 2 aromatic carbocycles. The average Bonchev–Trinajstić information content (AvgIpc) is 3.16. The summed E-state index contributed by atoms with van der Waals surface area (Å²) in [4.78, 5) is 19.3. The molecule has 0 saturated carbocycles. The molecule has 0 fully saturated rings. The average molecular weight is 429 g/mol. The van der Waals surface area contributed by atoms with Gasteiger partial charge in [-0.2, -0.15) is 0 Å². The fraction of sp³-hybridized carbons (Fsp3) is 0.304. The van der Waals surface area contributed by atoms with Gasteiger partial charge in [0.1, 0.15) is 17.4 Å². The van der Waals surface area contributed by atoms with Crippen LogP contribution in [0.15, 0.2) is 47.8 Å². The summed E-state index contributed by atoms with van der Waals surface area (Å²) in [6, 6.07) is 13.1. The number of aryl methyl sites for hydroxylation is 2. The van der Waals surface area contributed by atoms with E-state index in [1.165, 1.54) is 11.1 Å². The Morgan fingerprint density at radius 2 is 1.90 bits per heavy atom. The van der Waals surface area contributed by atoms with Crippen molar-refractivity contribution < 1.29 is 9.53 Å². The van der Waals surface area contributed by atoms with Crippen molar-refractivity contribution >= 4 is 28.8 Å². The summed E-state index contributed by atoms with van der Waals surface area (Å²) >= 11 is 7.49. The van der Waals surface area contributed by atoms with Gasteiger partial charge in [0.2, 0.25) is 0 Å². The fourth-order valence-corrected chi connectivity index (χ4v) is 3.75. The second-order valence-corrected chi connectivity index (χ2v) is 8.38. The molecule has 29 heavy (non-hydrogen) atoms. The highest BCUT2D eigenvalue weighted by Gasteiger charge is 2.17. The van der Waals surface area contributed by atoms with Crippen molar-refractivity contribution in [2.75, 3.05) is 6.54 Å². The smallest absolute Gasteiger partial charge is 0.254 e. The number of amides is 1. The molecule has 6 heteroatoms. The molecule has 152 valence electrons. The van der Waals surface area contributed by atoms with E-state index in [4.69, 9.17) is 16.3 Å². The highest BCUT2D eigenvalue weighted by molar-refractivity contribution is 7.09. The molecule has 0 saturated heterocycles. The first-order chi connectivity index (χ1) is 14.0. The Morgan fingerprint density at radius 3 is 2.59 bits per heavy atom. The topological polar surface area (TPSA) is 42.4 Å². The lowest BCUT2D eigenvalue weighted by molar-refractivity contribution is 0.0741. The number of carbonyl (C=O) groups excluding carboxylic acids is 1. The van der Waals surface area contributed by atoms with E-state index < -0.39 is 0 Å². The number of hydrogen-bond donors (Lipinski definition) is 0. The van der Waals surface area contributed by atoms with Gasteiger partial charge in [0.25, 0.3) is 5.91 Å². The van der Waals surface area contributed by atoms with Crippen LogP contribution in [-0.4, -0.2) is 22.3 Å². The normalized spacial score (nSPS) is 10.8. The molecule has 0 aliphatic heterocycles. The Kier molecular flexibility index (Phi) is 7.29. The van der Waals surface area contributed by atoms with E-state index in [0.717, 1.165) is 22.9 Å². The third-order valence-electron chi connectivity index (χ3n) is 4.66. The van der Waals surface area contributed by atoms with Crippen molar-refractivity contribution in [1.29, 1.82) is 0 Å². The van der Waals surface area contributed by atoms with Gasteiger partial charge >= 0.3 is 0 Å². The van der Waals surface area contributed by atoms with Gasteiger partial charge in [0.05, 0.1) is 12.2 Å². The predicted molar refractivity (Wildman–Crippen MR) is 119 cm³/mol. The molecule has 0 unspecified atom stereocenters. The lowest BCUT2D eigenvalue weighted by Gasteiger charge is -2.21. The van der Waals surface area contributed by atoms with Gasteiger partial charge in [0.15, 0.2) is 0 Å². The van der Waals surface area contributed by atoms with Gasteiger partial charge in [-0.05, 0) is 67.8 Å². The summed E-state index contributed by atoms with van der Waals surface area (Å²) in [5.41, 5.74) is 3.97. The molecule has 1 amide bonds. The van der Waals surface area contributed by atoms with Crippen LogP contribution in [0.1, 0.15) is 45.5 Å². The van der Waals surface area contributed by atoms with Crippen LogP contribution in [-0.2, 0) is 13.2 Å². The highest BCUT2D eigenvalue weighted by Crippen LogP contribution is 2.20. The van der Waals surface area contributed by atoms with E-state index in [-0.39, 0.29) is 5.91 Å². The number of hydrogen-bond acceptors (Lipinski definition) is 4. The van der Waals surface area contributed by atoms with Crippen LogP contribution in [0.5, 0.6) is 5.75 Å². The van der Waals surface area contributed by atoms with Crippen molar-refractivity contribution in [3.63, 3.8) is 0 Å². The third kappa shape index (κ3) is 5.81. The summed E-state index contributed by atoms with van der Waals surface area (Å²) in [7, 11) is 0. The van der Waals surface area contributed by atoms with Crippen LogP contribution in [0.2, 0.25) is 5.02 Å². The lowest BCUT2D eigenvalue weighted by Crippen LogP contribution is -2.31. The van der Waals surface area contributed by atoms with Crippen LogP contribution in [0.25, 0.3) is 0 Å². The summed E-state index contributed by atoms with van der Waals surface area (Å²) < 4.78 is 5.88. The molecule has 0 N–H and O–H groups in total. The zero-order valence-electron chi connectivity index (χ0n) is 16.9. The number of halogens is 1. The maximum atomic E-state index is 12.9. The molecule has 3 rings (SSSR count). The molecule has 0 aliphatic carbocycles. The Hall–Kier alpha value is -2.37. The van der Waals surface area contributed by atoms with Gasteiger partial charge in [-0.1, -0.05) is 24.6 Å². The molecule has 1 heterocycles. The first-order valence-corrected chi connectivity index (χ1v) is 10.9. The quantitative estimate of drug-likeness (QED) is 0.439. The lowest BCUT2D eigenvalue weighted by atomic mass is 10.1. The number of nitrogens with zero attached hydrogens (tertiary/aromatic N) is 2. The summed E-state index contributed by atoms with van der Waals surface area (Å²) in [6.07, 6.45) is 0.881. The minimum Gasteiger partial charge on any atom is -0.486 e. The number of ether oxygens (including phenoxy) is 1. The zero-order valence-corrected chi connectivity index (χ0v) is 18.5. The van der Waals surface area contributed by atoms with E-state index in [2.05, 4.69) is 31.8 Å². The maximum Gasteiger partial charge on any atom is 0.254 e. The Labute approximate surface area is 181 Å². The summed E-state index contributed by atoms with van der Waals surface area (Å²) in [5.74, 6) is 0.833. The largest absolute Gasteiger partial charge is 0.486 e. The number of aromatic nitrogens is 1. The van der Waals surface area contributed by atoms with Gasteiger partial charge in [-0.3, -0.25) is 4.79 Å². The van der Waals surface area contributed by atoms with Crippen LogP contribution < -0.4 is 4.74 Å². The summed E-state index contributed by atoms with van der Waals surface area (Å²) in [6.45, 7) is 7.80. The molecule has 0 atom stereocenters. The van der Waals surface area contributed by atoms with E-state index >= 15 is 0 Å². The number of thiazole rings is 1. The SMILES string of the molecule is CCCN(Cc1csc(COc2ccc(C)c(C)c2)n1)C(=O)c1ccc(Cl)cc1. The van der Waals surface area contributed by atoms with Crippen molar-refractivity contribution in [1.82, 2.24) is 9.88 Å². The Bertz CT molecular complexity index is 969. The van der Waals surface area contributed by atoms with Gasteiger partial charge in [-0.25, -0.2) is 4.98 Å². The van der Waals surface area contributed by atoms with Gasteiger partial charge in [-0.15, -0.1) is 11.3 Å². The second-order valence-electron chi connectivity index (χ2n) is 7.00. The molecule has 0 aliphatic rings. The molecule has 0 bridgehead atoms. The second kappa shape index (κ2) is 9.90. The Morgan fingerprint density at radius 1 is 1.14 bits per heavy atom. The predicted octanol–water partition coefficient (Wildman–Crippen LogP) is 6.04. The fourth-order valence-electron chi connectivity index (χ4n) is 2.93. The minimum absolute atomic E-state index is 0.00977. The van der Waals surface area contributed by atoms with E-state index in [1.807, 2.05) is 22.4 Å². The van der Waals surface area contributed by atoms with Crippen LogP contribution in [0, 0.1) is 13.8 Å². The first kappa shape index (κ1) is 21.3. The molecular formula is C23H25ClN2O2S. The van der Waals surface area contributed by atoms with Gasteiger partial charge in [0, 0.05) is 22.5 Å². The van der Waals surface area contributed by atoms with E-state index in [9.17, 15) is 4.79 Å². The third-order valence-corrected chi connectivity index (χ3v) is 5.79. The van der Waals surface area contributed by atoms with Crippen molar-refractivity contribution in [2.24, 2.45) is 0 Å². The Balaban J connectivity index is 1.63. The first-order valence-electron chi connectivity index (χ1n) is 9.64. The molecular weight excluding hydrogens is 404 g/mol. The van der Waals surface area contributed by atoms with Crippen LogP contribution in [0.3, 0.4) is 0 Å². The van der Waals surface area contributed by atoms with Crippen LogP contribution >= 0.6 is 22.9 Å². The highest BCUT2D eigenvalue weighted by atomic mass is 35.5.